The number of hydrogen-bond acceptors (Lipinski definition) is 4. The summed E-state index contributed by atoms with van der Waals surface area (Å²) in [5, 5.41) is 0. The average Bonchev–Trinajstić information content (AvgIpc) is 2.43. The van der Waals surface area contributed by atoms with E-state index >= 15 is 0 Å². The lowest BCUT2D eigenvalue weighted by Crippen LogP contribution is -2.37. The van der Waals surface area contributed by atoms with Crippen LogP contribution in [0.25, 0.3) is 5.65 Å². The summed E-state index contributed by atoms with van der Waals surface area (Å²) in [6.45, 7) is 2.11. The highest BCUT2D eigenvalue weighted by Gasteiger charge is 2.20. The molecule has 2 aromatic heterocycles. The minimum atomic E-state index is 0.710. The monoisotopic (exact) mass is 189 g/mol. The van der Waals surface area contributed by atoms with Gasteiger partial charge in [0.25, 0.3) is 0 Å². The number of imidazole rings is 1. The van der Waals surface area contributed by atoms with Crippen molar-refractivity contribution >= 4 is 17.3 Å². The molecule has 0 spiro atoms. The molecule has 2 aromatic rings. The lowest BCUT2D eigenvalue weighted by atomic mass is 10.2. The maximum Gasteiger partial charge on any atom is 0.172 e. The van der Waals surface area contributed by atoms with Crippen LogP contribution in [0.1, 0.15) is 6.42 Å². The molecule has 1 saturated heterocycles. The molecule has 0 aromatic carbocycles. The van der Waals surface area contributed by atoms with Gasteiger partial charge in [-0.05, 0) is 6.42 Å². The van der Waals surface area contributed by atoms with Crippen LogP contribution in [0, 0.1) is 0 Å². The van der Waals surface area contributed by atoms with Crippen molar-refractivity contribution in [1.29, 1.82) is 0 Å². The van der Waals surface area contributed by atoms with Gasteiger partial charge in [0.05, 0.1) is 6.20 Å². The van der Waals surface area contributed by atoms with Gasteiger partial charge in [-0.15, -0.1) is 0 Å². The van der Waals surface area contributed by atoms with Crippen LogP contribution in [-0.2, 0) is 0 Å². The summed E-state index contributed by atoms with van der Waals surface area (Å²) >= 11 is 0. The normalized spacial score (nSPS) is 15.9. The Morgan fingerprint density at radius 3 is 2.86 bits per heavy atom. The van der Waals surface area contributed by atoms with E-state index in [0.29, 0.717) is 5.82 Å². The third-order valence-electron chi connectivity index (χ3n) is 2.60. The first kappa shape index (κ1) is 7.61. The topological polar surface area (TPSA) is 59.5 Å². The van der Waals surface area contributed by atoms with Gasteiger partial charge in [0.2, 0.25) is 0 Å². The lowest BCUT2D eigenvalue weighted by Gasteiger charge is -2.31. The molecule has 0 unspecified atom stereocenters. The zero-order chi connectivity index (χ0) is 9.54. The van der Waals surface area contributed by atoms with Crippen molar-refractivity contribution in [2.45, 2.75) is 6.42 Å². The molecule has 0 aliphatic carbocycles. The van der Waals surface area contributed by atoms with Crippen molar-refractivity contribution in [3.8, 4) is 0 Å². The van der Waals surface area contributed by atoms with E-state index < -0.39 is 0 Å². The lowest BCUT2D eigenvalue weighted by molar-refractivity contribution is 0.612. The zero-order valence-corrected chi connectivity index (χ0v) is 7.72. The first-order chi connectivity index (χ1) is 6.86. The number of rotatable bonds is 1. The fraction of sp³-hybridized carbons (Fsp3) is 0.333. The molecular formula is C9H11N5. The predicted molar refractivity (Wildman–Crippen MR) is 54.2 cm³/mol. The van der Waals surface area contributed by atoms with Crippen LogP contribution in [0.2, 0.25) is 0 Å². The number of nitrogens with zero attached hydrogens (tertiary/aromatic N) is 4. The average molecular weight is 189 g/mol. The molecule has 0 amide bonds. The standard InChI is InChI=1S/C9H11N5/c10-8-9(13-3-1-4-13)12-7-6-11-2-5-14(7)8/h2,5-6H,1,3-4,10H2. The molecule has 1 aliphatic heterocycles. The molecule has 5 heteroatoms. The van der Waals surface area contributed by atoms with Gasteiger partial charge in [-0.25, -0.2) is 4.98 Å². The Balaban J connectivity index is 2.19. The molecule has 2 N–H and O–H groups in total. The Kier molecular flexibility index (Phi) is 1.41. The molecule has 1 fully saturated rings. The highest BCUT2D eigenvalue weighted by atomic mass is 15.3. The Hall–Kier alpha value is -1.78. The van der Waals surface area contributed by atoms with Gasteiger partial charge in [0.15, 0.2) is 17.3 Å². The van der Waals surface area contributed by atoms with Gasteiger partial charge in [0.1, 0.15) is 0 Å². The number of hydrogen-bond donors (Lipinski definition) is 1. The Morgan fingerprint density at radius 1 is 1.36 bits per heavy atom. The van der Waals surface area contributed by atoms with Crippen LogP contribution in [0.4, 0.5) is 11.6 Å². The quantitative estimate of drug-likeness (QED) is 0.710. The molecule has 14 heavy (non-hydrogen) atoms. The summed E-state index contributed by atoms with van der Waals surface area (Å²) in [6, 6.07) is 0. The fourth-order valence-corrected chi connectivity index (χ4v) is 1.67. The SMILES string of the molecule is Nc1c(N2CCC2)nc2cnccn12. The second-order valence-corrected chi connectivity index (χ2v) is 3.47. The molecule has 0 saturated carbocycles. The number of nitrogen functional groups attached to an aromatic ring is 1. The van der Waals surface area contributed by atoms with Crippen molar-refractivity contribution in [3.63, 3.8) is 0 Å². The van der Waals surface area contributed by atoms with E-state index in [2.05, 4.69) is 14.9 Å². The molecule has 72 valence electrons. The first-order valence-electron chi connectivity index (χ1n) is 4.69. The van der Waals surface area contributed by atoms with Gasteiger partial charge in [-0.2, -0.15) is 0 Å². The fourth-order valence-electron chi connectivity index (χ4n) is 1.67. The summed E-state index contributed by atoms with van der Waals surface area (Å²) in [5.41, 5.74) is 6.79. The van der Waals surface area contributed by atoms with E-state index in [9.17, 15) is 0 Å². The van der Waals surface area contributed by atoms with Crippen molar-refractivity contribution in [1.82, 2.24) is 14.4 Å². The summed E-state index contributed by atoms with van der Waals surface area (Å²) in [5.74, 6) is 1.60. The molecule has 3 rings (SSSR count). The van der Waals surface area contributed by atoms with Gasteiger partial charge < -0.3 is 10.6 Å². The van der Waals surface area contributed by atoms with Gasteiger partial charge in [0, 0.05) is 25.5 Å². The highest BCUT2D eigenvalue weighted by Crippen LogP contribution is 2.26. The van der Waals surface area contributed by atoms with Crippen LogP contribution in [0.3, 0.4) is 0 Å². The maximum absolute atomic E-state index is 5.98. The Bertz CT molecular complexity index is 471. The van der Waals surface area contributed by atoms with Crippen LogP contribution in [0.15, 0.2) is 18.6 Å². The van der Waals surface area contributed by atoms with Crippen LogP contribution < -0.4 is 10.6 Å². The maximum atomic E-state index is 5.98. The van der Waals surface area contributed by atoms with Gasteiger partial charge >= 0.3 is 0 Å². The van der Waals surface area contributed by atoms with E-state index in [-0.39, 0.29) is 0 Å². The highest BCUT2D eigenvalue weighted by molar-refractivity contribution is 5.67. The van der Waals surface area contributed by atoms with E-state index in [0.717, 1.165) is 24.6 Å². The second-order valence-electron chi connectivity index (χ2n) is 3.47. The minimum absolute atomic E-state index is 0.710. The third kappa shape index (κ3) is 0.891. The van der Waals surface area contributed by atoms with E-state index in [1.807, 2.05) is 10.6 Å². The van der Waals surface area contributed by atoms with Crippen LogP contribution in [0.5, 0.6) is 0 Å². The molecule has 5 nitrogen and oxygen atoms in total. The Labute approximate surface area is 81.2 Å². The first-order valence-corrected chi connectivity index (χ1v) is 4.69. The second kappa shape index (κ2) is 2.60. The van der Waals surface area contributed by atoms with Gasteiger partial charge in [-0.1, -0.05) is 0 Å². The number of fused-ring (bicyclic) bond motifs is 1. The van der Waals surface area contributed by atoms with Gasteiger partial charge in [-0.3, -0.25) is 9.38 Å². The van der Waals surface area contributed by atoms with E-state index in [1.165, 1.54) is 6.42 Å². The van der Waals surface area contributed by atoms with Crippen molar-refractivity contribution in [2.75, 3.05) is 23.7 Å². The Morgan fingerprint density at radius 2 is 2.21 bits per heavy atom. The van der Waals surface area contributed by atoms with Crippen molar-refractivity contribution < 1.29 is 0 Å². The third-order valence-corrected chi connectivity index (χ3v) is 2.60. The smallest absolute Gasteiger partial charge is 0.172 e. The number of aromatic nitrogens is 3. The van der Waals surface area contributed by atoms with E-state index in [1.54, 1.807) is 12.4 Å². The minimum Gasteiger partial charge on any atom is -0.382 e. The van der Waals surface area contributed by atoms with Crippen molar-refractivity contribution in [3.05, 3.63) is 18.6 Å². The molecule has 0 radical (unpaired) electrons. The molecule has 3 heterocycles. The molecule has 1 aliphatic rings. The number of nitrogens with two attached hydrogens (primary N) is 1. The molecule has 0 atom stereocenters. The summed E-state index contributed by atoms with van der Waals surface area (Å²) < 4.78 is 1.86. The van der Waals surface area contributed by atoms with Crippen LogP contribution >= 0.6 is 0 Å². The van der Waals surface area contributed by atoms with Crippen molar-refractivity contribution in [2.24, 2.45) is 0 Å². The summed E-state index contributed by atoms with van der Waals surface area (Å²) in [7, 11) is 0. The molecule has 0 bridgehead atoms. The molecular weight excluding hydrogens is 178 g/mol. The van der Waals surface area contributed by atoms with Crippen LogP contribution in [-0.4, -0.2) is 27.5 Å². The number of anilines is 2. The largest absolute Gasteiger partial charge is 0.382 e. The summed E-state index contributed by atoms with van der Waals surface area (Å²) in [6.07, 6.45) is 6.50. The van der Waals surface area contributed by atoms with E-state index in [4.69, 9.17) is 5.73 Å². The predicted octanol–water partition coefficient (Wildman–Crippen LogP) is 0.522. The summed E-state index contributed by atoms with van der Waals surface area (Å²) in [4.78, 5) is 10.6. The zero-order valence-electron chi connectivity index (χ0n) is 7.72.